The van der Waals surface area contributed by atoms with Crippen molar-refractivity contribution in [3.63, 3.8) is 0 Å². The molecule has 0 N–H and O–H groups in total. The van der Waals surface area contributed by atoms with Gasteiger partial charge in [-0.05, 0) is 76.2 Å². The summed E-state index contributed by atoms with van der Waals surface area (Å²) in [6, 6.07) is 0. The molecule has 0 aliphatic heterocycles. The number of rotatable bonds is 5. The second-order valence-electron chi connectivity index (χ2n) is 5.80. The third kappa shape index (κ3) is 5.08. The Morgan fingerprint density at radius 1 is 1.05 bits per heavy atom. The van der Waals surface area contributed by atoms with Crippen molar-refractivity contribution >= 4 is 0 Å². The Morgan fingerprint density at radius 3 is 2.33 bits per heavy atom. The number of hydrogen-bond donors (Lipinski definition) is 0. The molecule has 0 fully saturated rings. The highest BCUT2D eigenvalue weighted by Crippen LogP contribution is 2.32. The molecule has 0 aromatic rings. The number of allylic oxidation sites excluding steroid dienone is 10. The molecular weight excluding hydrogens is 256 g/mol. The first-order valence-corrected chi connectivity index (χ1v) is 7.93. The molecule has 0 bridgehead atoms. The molecule has 0 spiro atoms. The lowest BCUT2D eigenvalue weighted by Gasteiger charge is -2.21. The van der Waals surface area contributed by atoms with Gasteiger partial charge in [-0.15, -0.1) is 0 Å². The lowest BCUT2D eigenvalue weighted by atomic mass is 9.88. The van der Waals surface area contributed by atoms with E-state index in [1.165, 1.54) is 46.5 Å². The van der Waals surface area contributed by atoms with Gasteiger partial charge in [-0.3, -0.25) is 0 Å². The predicted octanol–water partition coefficient (Wildman–Crippen LogP) is 6.27. The van der Waals surface area contributed by atoms with Gasteiger partial charge in [-0.2, -0.15) is 0 Å². The molecule has 1 nitrogen and oxygen atoms in total. The molecule has 0 radical (unpaired) electrons. The van der Waals surface area contributed by atoms with Crippen LogP contribution in [-0.2, 0) is 4.74 Å². The summed E-state index contributed by atoms with van der Waals surface area (Å²) in [5.74, 6) is 1.19. The highest BCUT2D eigenvalue weighted by atomic mass is 16.5. The van der Waals surface area contributed by atoms with Crippen LogP contribution in [0, 0.1) is 0 Å². The molecule has 0 unspecified atom stereocenters. The molecule has 21 heavy (non-hydrogen) atoms. The van der Waals surface area contributed by atoms with Crippen molar-refractivity contribution in [2.45, 2.75) is 60.3 Å². The SMILES string of the molecule is C/C=C(C)/C=C/C=C(C)/C(C)=C(\C)C1=C(OC)CCCC1. The molecule has 1 rings (SSSR count). The first-order chi connectivity index (χ1) is 10.0. The molecule has 0 aromatic heterocycles. The van der Waals surface area contributed by atoms with Crippen LogP contribution in [0.3, 0.4) is 0 Å². The Balaban J connectivity index is 3.02. The van der Waals surface area contributed by atoms with E-state index in [1.54, 1.807) is 7.11 Å². The van der Waals surface area contributed by atoms with Gasteiger partial charge in [0.2, 0.25) is 0 Å². The van der Waals surface area contributed by atoms with E-state index in [-0.39, 0.29) is 0 Å². The van der Waals surface area contributed by atoms with E-state index in [1.807, 2.05) is 0 Å². The fourth-order valence-electron chi connectivity index (χ4n) is 2.59. The molecular formula is C20H30O. The van der Waals surface area contributed by atoms with E-state index < -0.39 is 0 Å². The van der Waals surface area contributed by atoms with E-state index in [0.717, 1.165) is 12.8 Å². The van der Waals surface area contributed by atoms with Crippen molar-refractivity contribution in [1.29, 1.82) is 0 Å². The Morgan fingerprint density at radius 2 is 1.71 bits per heavy atom. The number of methoxy groups -OCH3 is 1. The van der Waals surface area contributed by atoms with Gasteiger partial charge in [0.15, 0.2) is 0 Å². The average molecular weight is 286 g/mol. The summed E-state index contributed by atoms with van der Waals surface area (Å²) in [6.07, 6.45) is 13.3. The Hall–Kier alpha value is -1.50. The summed E-state index contributed by atoms with van der Waals surface area (Å²) in [6.45, 7) is 10.8. The number of ether oxygens (including phenoxy) is 1. The van der Waals surface area contributed by atoms with E-state index in [4.69, 9.17) is 4.74 Å². The third-order valence-corrected chi connectivity index (χ3v) is 4.43. The van der Waals surface area contributed by atoms with Crippen molar-refractivity contribution in [1.82, 2.24) is 0 Å². The summed E-state index contributed by atoms with van der Waals surface area (Å²) in [5, 5.41) is 0. The van der Waals surface area contributed by atoms with Crippen LogP contribution in [0.5, 0.6) is 0 Å². The van der Waals surface area contributed by atoms with Gasteiger partial charge in [0.25, 0.3) is 0 Å². The highest BCUT2D eigenvalue weighted by molar-refractivity contribution is 5.44. The van der Waals surface area contributed by atoms with Crippen molar-refractivity contribution in [3.8, 4) is 0 Å². The molecule has 1 aliphatic carbocycles. The maximum Gasteiger partial charge on any atom is 0.0990 e. The number of hydrogen-bond acceptors (Lipinski definition) is 1. The topological polar surface area (TPSA) is 9.23 Å². The van der Waals surface area contributed by atoms with E-state index in [0.29, 0.717) is 0 Å². The van der Waals surface area contributed by atoms with Gasteiger partial charge < -0.3 is 4.74 Å². The maximum atomic E-state index is 5.59. The van der Waals surface area contributed by atoms with Gasteiger partial charge in [0.05, 0.1) is 12.9 Å². The fourth-order valence-corrected chi connectivity index (χ4v) is 2.59. The zero-order valence-electron chi connectivity index (χ0n) is 14.5. The minimum Gasteiger partial charge on any atom is -0.501 e. The third-order valence-electron chi connectivity index (χ3n) is 4.43. The summed E-state index contributed by atoms with van der Waals surface area (Å²) >= 11 is 0. The molecule has 0 aromatic carbocycles. The fraction of sp³-hybridized carbons (Fsp3) is 0.500. The Kier molecular flexibility index (Phi) is 7.28. The first-order valence-electron chi connectivity index (χ1n) is 7.93. The average Bonchev–Trinajstić information content (AvgIpc) is 2.52. The van der Waals surface area contributed by atoms with Crippen LogP contribution in [0.25, 0.3) is 0 Å². The lowest BCUT2D eigenvalue weighted by molar-refractivity contribution is 0.261. The van der Waals surface area contributed by atoms with Crippen LogP contribution in [-0.4, -0.2) is 7.11 Å². The van der Waals surface area contributed by atoms with Crippen LogP contribution in [0.1, 0.15) is 60.3 Å². The van der Waals surface area contributed by atoms with Gasteiger partial charge in [0, 0.05) is 6.42 Å². The minimum atomic E-state index is 1.08. The van der Waals surface area contributed by atoms with Gasteiger partial charge in [0.1, 0.15) is 0 Å². The smallest absolute Gasteiger partial charge is 0.0990 e. The highest BCUT2D eigenvalue weighted by Gasteiger charge is 2.16. The molecule has 116 valence electrons. The first kappa shape index (κ1) is 17.6. The van der Waals surface area contributed by atoms with E-state index >= 15 is 0 Å². The second kappa shape index (κ2) is 8.71. The lowest BCUT2D eigenvalue weighted by Crippen LogP contribution is -2.04. The molecule has 0 heterocycles. The molecule has 0 saturated heterocycles. The molecule has 0 saturated carbocycles. The predicted molar refractivity (Wildman–Crippen MR) is 93.2 cm³/mol. The second-order valence-corrected chi connectivity index (χ2v) is 5.80. The molecule has 1 heteroatoms. The van der Waals surface area contributed by atoms with Gasteiger partial charge in [-0.25, -0.2) is 0 Å². The van der Waals surface area contributed by atoms with Crippen LogP contribution in [0.4, 0.5) is 0 Å². The van der Waals surface area contributed by atoms with Crippen molar-refractivity contribution < 1.29 is 4.74 Å². The van der Waals surface area contributed by atoms with Crippen LogP contribution >= 0.6 is 0 Å². The van der Waals surface area contributed by atoms with Crippen LogP contribution in [0.15, 0.2) is 57.9 Å². The summed E-state index contributed by atoms with van der Waals surface area (Å²) < 4.78 is 5.59. The van der Waals surface area contributed by atoms with E-state index in [9.17, 15) is 0 Å². The maximum absolute atomic E-state index is 5.59. The summed E-state index contributed by atoms with van der Waals surface area (Å²) in [4.78, 5) is 0. The van der Waals surface area contributed by atoms with Crippen molar-refractivity contribution in [2.75, 3.05) is 7.11 Å². The monoisotopic (exact) mass is 286 g/mol. The summed E-state index contributed by atoms with van der Waals surface area (Å²) in [5.41, 5.74) is 6.78. The molecule has 0 atom stereocenters. The van der Waals surface area contributed by atoms with E-state index in [2.05, 4.69) is 58.9 Å². The summed E-state index contributed by atoms with van der Waals surface area (Å²) in [7, 11) is 1.80. The van der Waals surface area contributed by atoms with Crippen LogP contribution in [0.2, 0.25) is 0 Å². The van der Waals surface area contributed by atoms with Gasteiger partial charge in [-0.1, -0.05) is 29.9 Å². The quantitative estimate of drug-likeness (QED) is 0.541. The Labute approximate surface area is 130 Å². The van der Waals surface area contributed by atoms with Gasteiger partial charge >= 0.3 is 0 Å². The van der Waals surface area contributed by atoms with Crippen molar-refractivity contribution in [2.24, 2.45) is 0 Å². The van der Waals surface area contributed by atoms with Crippen molar-refractivity contribution in [3.05, 3.63) is 57.9 Å². The molecule has 1 aliphatic rings. The zero-order valence-corrected chi connectivity index (χ0v) is 14.5. The van der Waals surface area contributed by atoms with Crippen LogP contribution < -0.4 is 0 Å². The molecule has 0 amide bonds. The normalized spacial score (nSPS) is 19.1. The minimum absolute atomic E-state index is 1.08. The standard InChI is InChI=1S/C20H30O/c1-7-15(2)11-10-12-16(3)17(4)18(5)19-13-8-9-14-20(19)21-6/h7,10-12H,8-9,13-14H2,1-6H3/b11-10+,15-7+,16-12+,18-17+. The largest absolute Gasteiger partial charge is 0.501 e. The zero-order chi connectivity index (χ0) is 15.8. The Bertz CT molecular complexity index is 510.